The molecule has 0 aromatic heterocycles. The summed E-state index contributed by atoms with van der Waals surface area (Å²) in [6, 6.07) is 4.09. The van der Waals surface area contributed by atoms with Crippen LogP contribution in [0.15, 0.2) is 18.2 Å². The van der Waals surface area contributed by atoms with Crippen molar-refractivity contribution in [2.24, 2.45) is 0 Å². The van der Waals surface area contributed by atoms with E-state index in [1.807, 2.05) is 0 Å². The first-order chi connectivity index (χ1) is 8.46. The standard InChI is InChI=1S/C13H17ClFNO2/c1-13(2)8-18-10(6-16-13)7-17-12-4-3-9(15)5-11(12)14/h3-5,10,16H,6-8H2,1-2H3. The molecule has 3 nitrogen and oxygen atoms in total. The molecule has 18 heavy (non-hydrogen) atoms. The molecule has 1 N–H and O–H groups in total. The van der Waals surface area contributed by atoms with E-state index in [4.69, 9.17) is 21.1 Å². The van der Waals surface area contributed by atoms with Crippen LogP contribution in [0.1, 0.15) is 13.8 Å². The molecule has 1 saturated heterocycles. The van der Waals surface area contributed by atoms with Gasteiger partial charge in [-0.15, -0.1) is 0 Å². The fourth-order valence-electron chi connectivity index (χ4n) is 1.71. The Morgan fingerprint density at radius 1 is 1.56 bits per heavy atom. The van der Waals surface area contributed by atoms with Crippen LogP contribution in [0.5, 0.6) is 5.75 Å². The molecule has 5 heteroatoms. The molecule has 1 aromatic carbocycles. The second-order valence-corrected chi connectivity index (χ2v) is 5.49. The average molecular weight is 274 g/mol. The zero-order chi connectivity index (χ0) is 13.2. The van der Waals surface area contributed by atoms with Crippen molar-refractivity contribution in [1.29, 1.82) is 0 Å². The van der Waals surface area contributed by atoms with Gasteiger partial charge in [0.1, 0.15) is 24.3 Å². The van der Waals surface area contributed by atoms with E-state index in [0.717, 1.165) is 6.54 Å². The summed E-state index contributed by atoms with van der Waals surface area (Å²) in [6.45, 7) is 5.93. The van der Waals surface area contributed by atoms with Crippen molar-refractivity contribution in [3.8, 4) is 5.75 Å². The lowest BCUT2D eigenvalue weighted by molar-refractivity contribution is -0.0411. The smallest absolute Gasteiger partial charge is 0.138 e. The molecule has 0 bridgehead atoms. The molecule has 1 heterocycles. The van der Waals surface area contributed by atoms with Crippen LogP contribution in [-0.4, -0.2) is 31.4 Å². The third kappa shape index (κ3) is 3.57. The van der Waals surface area contributed by atoms with E-state index in [1.54, 1.807) is 0 Å². The van der Waals surface area contributed by atoms with E-state index < -0.39 is 0 Å². The minimum atomic E-state index is -0.371. The molecule has 1 atom stereocenters. The molecule has 1 aliphatic heterocycles. The van der Waals surface area contributed by atoms with Gasteiger partial charge in [-0.2, -0.15) is 0 Å². The summed E-state index contributed by atoms with van der Waals surface area (Å²) in [5, 5.41) is 3.65. The summed E-state index contributed by atoms with van der Waals surface area (Å²) in [5.74, 6) is 0.108. The van der Waals surface area contributed by atoms with Crippen molar-refractivity contribution in [2.45, 2.75) is 25.5 Å². The number of morpholine rings is 1. The lowest BCUT2D eigenvalue weighted by Gasteiger charge is -2.35. The second kappa shape index (κ2) is 5.43. The van der Waals surface area contributed by atoms with Crippen molar-refractivity contribution in [1.82, 2.24) is 5.32 Å². The monoisotopic (exact) mass is 273 g/mol. The highest BCUT2D eigenvalue weighted by Crippen LogP contribution is 2.25. The third-order valence-corrected chi connectivity index (χ3v) is 3.10. The molecule has 2 rings (SSSR count). The molecule has 1 unspecified atom stereocenters. The van der Waals surface area contributed by atoms with E-state index in [1.165, 1.54) is 18.2 Å². The Morgan fingerprint density at radius 3 is 2.94 bits per heavy atom. The van der Waals surface area contributed by atoms with Crippen LogP contribution in [0.4, 0.5) is 4.39 Å². The van der Waals surface area contributed by atoms with Gasteiger partial charge in [0.2, 0.25) is 0 Å². The van der Waals surface area contributed by atoms with Crippen molar-refractivity contribution < 1.29 is 13.9 Å². The van der Waals surface area contributed by atoms with Crippen LogP contribution in [0.3, 0.4) is 0 Å². The lowest BCUT2D eigenvalue weighted by atomic mass is 10.1. The van der Waals surface area contributed by atoms with Gasteiger partial charge in [0.25, 0.3) is 0 Å². The Balaban J connectivity index is 1.85. The highest BCUT2D eigenvalue weighted by Gasteiger charge is 2.27. The van der Waals surface area contributed by atoms with E-state index in [9.17, 15) is 4.39 Å². The van der Waals surface area contributed by atoms with Gasteiger partial charge in [0.15, 0.2) is 0 Å². The molecular formula is C13H17ClFNO2. The van der Waals surface area contributed by atoms with Crippen LogP contribution >= 0.6 is 11.6 Å². The number of benzene rings is 1. The van der Waals surface area contributed by atoms with Crippen LogP contribution < -0.4 is 10.1 Å². The molecule has 0 radical (unpaired) electrons. The molecule has 0 amide bonds. The van der Waals surface area contributed by atoms with Gasteiger partial charge in [-0.25, -0.2) is 4.39 Å². The van der Waals surface area contributed by atoms with Gasteiger partial charge in [0, 0.05) is 12.1 Å². The van der Waals surface area contributed by atoms with Gasteiger partial charge in [-0.05, 0) is 32.0 Å². The summed E-state index contributed by atoms with van der Waals surface area (Å²) in [6.07, 6.45) is -0.0147. The van der Waals surface area contributed by atoms with Crippen molar-refractivity contribution in [3.05, 3.63) is 29.0 Å². The predicted molar refractivity (Wildman–Crippen MR) is 68.7 cm³/mol. The number of rotatable bonds is 3. The summed E-state index contributed by atoms with van der Waals surface area (Å²) < 4.78 is 24.1. The fraction of sp³-hybridized carbons (Fsp3) is 0.538. The zero-order valence-electron chi connectivity index (χ0n) is 10.5. The molecular weight excluding hydrogens is 257 g/mol. The van der Waals surface area contributed by atoms with E-state index in [0.29, 0.717) is 19.0 Å². The van der Waals surface area contributed by atoms with Crippen molar-refractivity contribution in [3.63, 3.8) is 0 Å². The predicted octanol–water partition coefficient (Wildman–Crippen LogP) is 2.62. The Kier molecular flexibility index (Phi) is 4.10. The summed E-state index contributed by atoms with van der Waals surface area (Å²) in [5.41, 5.74) is 0.00399. The van der Waals surface area contributed by atoms with Crippen molar-refractivity contribution >= 4 is 11.6 Å². The van der Waals surface area contributed by atoms with Gasteiger partial charge in [-0.3, -0.25) is 0 Å². The molecule has 100 valence electrons. The first-order valence-corrected chi connectivity index (χ1v) is 6.28. The Labute approximate surface area is 111 Å². The molecule has 1 aromatic rings. The topological polar surface area (TPSA) is 30.5 Å². The molecule has 0 saturated carbocycles. The highest BCUT2D eigenvalue weighted by molar-refractivity contribution is 6.32. The van der Waals surface area contributed by atoms with Crippen LogP contribution in [-0.2, 0) is 4.74 Å². The largest absolute Gasteiger partial charge is 0.489 e. The van der Waals surface area contributed by atoms with Crippen LogP contribution in [0.25, 0.3) is 0 Å². The number of nitrogens with one attached hydrogen (secondary N) is 1. The van der Waals surface area contributed by atoms with Crippen LogP contribution in [0, 0.1) is 5.82 Å². The normalized spacial score (nSPS) is 22.8. The van der Waals surface area contributed by atoms with E-state index in [2.05, 4.69) is 19.2 Å². The van der Waals surface area contributed by atoms with E-state index >= 15 is 0 Å². The van der Waals surface area contributed by atoms with Gasteiger partial charge >= 0.3 is 0 Å². The van der Waals surface area contributed by atoms with Gasteiger partial charge in [-0.1, -0.05) is 11.6 Å². The van der Waals surface area contributed by atoms with Crippen LogP contribution in [0.2, 0.25) is 5.02 Å². The molecule has 1 aliphatic rings. The maximum Gasteiger partial charge on any atom is 0.138 e. The van der Waals surface area contributed by atoms with E-state index in [-0.39, 0.29) is 22.5 Å². The SMILES string of the molecule is CC1(C)COC(COc2ccc(F)cc2Cl)CN1. The number of halogens is 2. The van der Waals surface area contributed by atoms with Crippen molar-refractivity contribution in [2.75, 3.05) is 19.8 Å². The minimum absolute atomic E-state index is 0.00399. The van der Waals surface area contributed by atoms with Gasteiger partial charge < -0.3 is 14.8 Å². The minimum Gasteiger partial charge on any atom is -0.489 e. The number of hydrogen-bond acceptors (Lipinski definition) is 3. The number of hydrogen-bond donors (Lipinski definition) is 1. The Bertz CT molecular complexity index is 415. The number of ether oxygens (including phenoxy) is 2. The average Bonchev–Trinajstić information content (AvgIpc) is 2.29. The molecule has 0 spiro atoms. The first kappa shape index (κ1) is 13.6. The maximum absolute atomic E-state index is 12.9. The fourth-order valence-corrected chi connectivity index (χ4v) is 1.93. The first-order valence-electron chi connectivity index (χ1n) is 5.91. The summed E-state index contributed by atoms with van der Waals surface area (Å²) in [4.78, 5) is 0. The molecule has 0 aliphatic carbocycles. The van der Waals surface area contributed by atoms with Gasteiger partial charge in [0.05, 0.1) is 11.6 Å². The Hall–Kier alpha value is -0.840. The second-order valence-electron chi connectivity index (χ2n) is 5.08. The Morgan fingerprint density at radius 2 is 2.33 bits per heavy atom. The summed E-state index contributed by atoms with van der Waals surface area (Å²) >= 11 is 5.87. The highest BCUT2D eigenvalue weighted by atomic mass is 35.5. The quantitative estimate of drug-likeness (QED) is 0.918. The maximum atomic E-state index is 12.9. The summed E-state index contributed by atoms with van der Waals surface area (Å²) in [7, 11) is 0. The zero-order valence-corrected chi connectivity index (χ0v) is 11.3. The molecule has 1 fully saturated rings. The lowest BCUT2D eigenvalue weighted by Crippen LogP contribution is -2.54. The third-order valence-electron chi connectivity index (χ3n) is 2.81.